The predicted octanol–water partition coefficient (Wildman–Crippen LogP) is 6.53. The first kappa shape index (κ1) is 19.9. The van der Waals surface area contributed by atoms with E-state index in [1.165, 1.54) is 49.4 Å². The van der Waals surface area contributed by atoms with E-state index in [4.69, 9.17) is 4.52 Å². The average molecular weight is 429 g/mol. The zero-order valence-corrected chi connectivity index (χ0v) is 18.1. The van der Waals surface area contributed by atoms with Crippen LogP contribution in [0.5, 0.6) is 0 Å². The fraction of sp³-hybridized carbons (Fsp3) is 0.280. The molecule has 0 aliphatic heterocycles. The maximum absolute atomic E-state index is 5.36. The third kappa shape index (κ3) is 4.85. The summed E-state index contributed by atoms with van der Waals surface area (Å²) in [7, 11) is 0. The lowest BCUT2D eigenvalue weighted by atomic mass is 9.84. The molecule has 2 heterocycles. The first-order valence-corrected chi connectivity index (χ1v) is 11.8. The highest BCUT2D eigenvalue weighted by molar-refractivity contribution is 7.98. The van der Waals surface area contributed by atoms with Crippen LogP contribution in [0.2, 0.25) is 0 Å². The van der Waals surface area contributed by atoms with Gasteiger partial charge in [0.2, 0.25) is 11.7 Å². The molecule has 0 radical (unpaired) electrons. The predicted molar refractivity (Wildman–Crippen MR) is 123 cm³/mol. The molecule has 5 nitrogen and oxygen atoms in total. The van der Waals surface area contributed by atoms with Crippen LogP contribution in [0.4, 0.5) is 0 Å². The van der Waals surface area contributed by atoms with Crippen LogP contribution in [0.1, 0.15) is 49.5 Å². The number of aromatic nitrogens is 4. The van der Waals surface area contributed by atoms with Crippen molar-refractivity contribution in [3.05, 3.63) is 78.2 Å². The standard InChI is InChI=1S/C25H24N4OS/c1-3-7-18(8-4-1)19-11-13-20(14-12-19)22-15-16-24(28-27-22)31-17-23-26-25(29-30-23)21-9-5-2-6-10-21/h2,5-6,9-16,18H,1,3-4,7-8,17H2. The summed E-state index contributed by atoms with van der Waals surface area (Å²) in [5, 5.41) is 13.7. The number of rotatable bonds is 6. The van der Waals surface area contributed by atoms with Crippen molar-refractivity contribution in [2.75, 3.05) is 0 Å². The van der Waals surface area contributed by atoms with Gasteiger partial charge in [0, 0.05) is 11.1 Å². The smallest absolute Gasteiger partial charge is 0.237 e. The first-order chi connectivity index (χ1) is 15.3. The molecule has 2 aromatic heterocycles. The molecule has 31 heavy (non-hydrogen) atoms. The van der Waals surface area contributed by atoms with E-state index in [2.05, 4.69) is 44.6 Å². The van der Waals surface area contributed by atoms with Gasteiger partial charge in [0.25, 0.3) is 0 Å². The Balaban J connectivity index is 1.20. The van der Waals surface area contributed by atoms with Gasteiger partial charge in [-0.05, 0) is 36.5 Å². The second-order valence-corrected chi connectivity index (χ2v) is 8.88. The SMILES string of the molecule is c1ccc(-c2noc(CSc3ccc(-c4ccc(C5CCCCC5)cc4)nn3)n2)cc1. The number of benzene rings is 2. The van der Waals surface area contributed by atoms with Gasteiger partial charge in [0.05, 0.1) is 11.4 Å². The van der Waals surface area contributed by atoms with Crippen molar-refractivity contribution >= 4 is 11.8 Å². The summed E-state index contributed by atoms with van der Waals surface area (Å²) in [5.41, 5.74) is 4.40. The molecule has 0 N–H and O–H groups in total. The molecule has 0 spiro atoms. The zero-order chi connectivity index (χ0) is 20.9. The fourth-order valence-electron chi connectivity index (χ4n) is 4.07. The molecule has 0 atom stereocenters. The van der Waals surface area contributed by atoms with Crippen molar-refractivity contribution in [3.8, 4) is 22.6 Å². The normalized spacial score (nSPS) is 14.6. The Morgan fingerprint density at radius 2 is 1.61 bits per heavy atom. The molecule has 156 valence electrons. The van der Waals surface area contributed by atoms with Crippen molar-refractivity contribution in [1.82, 2.24) is 20.3 Å². The summed E-state index contributed by atoms with van der Waals surface area (Å²) < 4.78 is 5.36. The van der Waals surface area contributed by atoms with Crippen LogP contribution < -0.4 is 0 Å². The molecule has 4 aromatic rings. The van der Waals surface area contributed by atoms with Gasteiger partial charge in [-0.2, -0.15) is 4.98 Å². The Morgan fingerprint density at radius 1 is 0.806 bits per heavy atom. The van der Waals surface area contributed by atoms with E-state index in [1.807, 2.05) is 42.5 Å². The minimum Gasteiger partial charge on any atom is -0.338 e. The van der Waals surface area contributed by atoms with Crippen molar-refractivity contribution < 1.29 is 4.52 Å². The number of hydrogen-bond acceptors (Lipinski definition) is 6. The van der Waals surface area contributed by atoms with Crippen LogP contribution in [0, 0.1) is 0 Å². The number of thioether (sulfide) groups is 1. The molecule has 0 unspecified atom stereocenters. The number of hydrogen-bond donors (Lipinski definition) is 0. The molecule has 1 aliphatic rings. The molecule has 1 fully saturated rings. The Morgan fingerprint density at radius 3 is 2.35 bits per heavy atom. The highest BCUT2D eigenvalue weighted by Gasteiger charge is 2.15. The lowest BCUT2D eigenvalue weighted by Gasteiger charge is -2.22. The van der Waals surface area contributed by atoms with E-state index in [0.29, 0.717) is 17.5 Å². The summed E-state index contributed by atoms with van der Waals surface area (Å²) in [6.07, 6.45) is 6.73. The average Bonchev–Trinajstić information content (AvgIpc) is 3.34. The van der Waals surface area contributed by atoms with Crippen LogP contribution in [0.25, 0.3) is 22.6 Å². The van der Waals surface area contributed by atoms with E-state index < -0.39 is 0 Å². The molecule has 1 aliphatic carbocycles. The minimum atomic E-state index is 0.559. The van der Waals surface area contributed by atoms with Crippen molar-refractivity contribution in [3.63, 3.8) is 0 Å². The first-order valence-electron chi connectivity index (χ1n) is 10.8. The van der Waals surface area contributed by atoms with Crippen molar-refractivity contribution in [1.29, 1.82) is 0 Å². The topological polar surface area (TPSA) is 64.7 Å². The molecular formula is C25H24N4OS. The van der Waals surface area contributed by atoms with E-state index >= 15 is 0 Å². The molecule has 6 heteroatoms. The molecule has 0 saturated heterocycles. The summed E-state index contributed by atoms with van der Waals surface area (Å²) in [4.78, 5) is 4.46. The van der Waals surface area contributed by atoms with Gasteiger partial charge in [-0.3, -0.25) is 0 Å². The van der Waals surface area contributed by atoms with Gasteiger partial charge in [-0.25, -0.2) is 0 Å². The van der Waals surface area contributed by atoms with Crippen LogP contribution >= 0.6 is 11.8 Å². The molecule has 5 rings (SSSR count). The lowest BCUT2D eigenvalue weighted by Crippen LogP contribution is -2.04. The fourth-order valence-corrected chi connectivity index (χ4v) is 4.72. The molecule has 2 aromatic carbocycles. The van der Waals surface area contributed by atoms with Crippen LogP contribution in [0.15, 0.2) is 76.3 Å². The largest absolute Gasteiger partial charge is 0.338 e. The summed E-state index contributed by atoms with van der Waals surface area (Å²) in [6.45, 7) is 0. The van der Waals surface area contributed by atoms with E-state index in [-0.39, 0.29) is 0 Å². The summed E-state index contributed by atoms with van der Waals surface area (Å²) >= 11 is 1.54. The Kier molecular flexibility index (Phi) is 6.07. The third-order valence-corrected chi connectivity index (χ3v) is 6.67. The highest BCUT2D eigenvalue weighted by atomic mass is 32.2. The maximum atomic E-state index is 5.36. The van der Waals surface area contributed by atoms with Crippen molar-refractivity contribution in [2.24, 2.45) is 0 Å². The Bertz CT molecular complexity index is 1100. The van der Waals surface area contributed by atoms with Gasteiger partial charge >= 0.3 is 0 Å². The van der Waals surface area contributed by atoms with E-state index in [9.17, 15) is 0 Å². The lowest BCUT2D eigenvalue weighted by molar-refractivity contribution is 0.391. The van der Waals surface area contributed by atoms with Gasteiger partial charge in [0.1, 0.15) is 5.03 Å². The second-order valence-electron chi connectivity index (χ2n) is 7.88. The quantitative estimate of drug-likeness (QED) is 0.325. The van der Waals surface area contributed by atoms with Crippen molar-refractivity contribution in [2.45, 2.75) is 48.8 Å². The summed E-state index contributed by atoms with van der Waals surface area (Å²) in [6, 6.07) is 22.7. The molecule has 0 bridgehead atoms. The third-order valence-electron chi connectivity index (χ3n) is 5.77. The van der Waals surface area contributed by atoms with E-state index in [1.54, 1.807) is 0 Å². The Labute approximate surface area is 186 Å². The molecule has 0 amide bonds. The van der Waals surface area contributed by atoms with Crippen LogP contribution in [-0.2, 0) is 5.75 Å². The monoisotopic (exact) mass is 428 g/mol. The summed E-state index contributed by atoms with van der Waals surface area (Å²) in [5.74, 6) is 2.46. The van der Waals surface area contributed by atoms with Crippen LogP contribution in [-0.4, -0.2) is 20.3 Å². The minimum absolute atomic E-state index is 0.559. The van der Waals surface area contributed by atoms with Gasteiger partial charge in [0.15, 0.2) is 0 Å². The number of nitrogens with zero attached hydrogens (tertiary/aromatic N) is 4. The van der Waals surface area contributed by atoms with Crippen LogP contribution in [0.3, 0.4) is 0 Å². The molecular weight excluding hydrogens is 404 g/mol. The highest BCUT2D eigenvalue weighted by Crippen LogP contribution is 2.33. The second kappa shape index (κ2) is 9.43. The zero-order valence-electron chi connectivity index (χ0n) is 17.3. The van der Waals surface area contributed by atoms with Gasteiger partial charge in [-0.1, -0.05) is 90.8 Å². The van der Waals surface area contributed by atoms with E-state index in [0.717, 1.165) is 27.8 Å². The maximum Gasteiger partial charge on any atom is 0.237 e. The van der Waals surface area contributed by atoms with Gasteiger partial charge in [-0.15, -0.1) is 10.2 Å². The molecule has 1 saturated carbocycles. The van der Waals surface area contributed by atoms with Gasteiger partial charge < -0.3 is 4.52 Å². The Hall–Kier alpha value is -2.99.